The molecule has 1 fully saturated rings. The maximum atomic E-state index is 5.68. The Balaban J connectivity index is 1.84. The molecule has 1 aliphatic heterocycles. The highest BCUT2D eigenvalue weighted by atomic mass is 16.7. The zero-order valence-electron chi connectivity index (χ0n) is 10.0. The first-order chi connectivity index (χ1) is 8.83. The van der Waals surface area contributed by atoms with E-state index < -0.39 is 0 Å². The van der Waals surface area contributed by atoms with E-state index in [2.05, 4.69) is 12.1 Å². The first kappa shape index (κ1) is 11.5. The van der Waals surface area contributed by atoms with E-state index in [9.17, 15) is 0 Å². The average molecular weight is 236 g/mol. The second kappa shape index (κ2) is 4.97. The molecule has 2 radical (unpaired) electrons. The van der Waals surface area contributed by atoms with Crippen LogP contribution in [0.1, 0.15) is 11.9 Å². The molecule has 2 aromatic rings. The molecule has 0 N–H and O–H groups in total. The first-order valence-corrected chi connectivity index (χ1v) is 6.02. The molecule has 2 nitrogen and oxygen atoms in total. The summed E-state index contributed by atoms with van der Waals surface area (Å²) in [6.45, 7) is 1.34. The van der Waals surface area contributed by atoms with E-state index in [0.29, 0.717) is 13.2 Å². The van der Waals surface area contributed by atoms with Crippen molar-refractivity contribution in [3.05, 3.63) is 54.1 Å². The molecular weight excluding hydrogens is 223 g/mol. The van der Waals surface area contributed by atoms with Gasteiger partial charge in [-0.3, -0.25) is 0 Å². The van der Waals surface area contributed by atoms with Gasteiger partial charge in [0.2, 0.25) is 0 Å². The van der Waals surface area contributed by atoms with E-state index in [1.807, 2.05) is 36.4 Å². The van der Waals surface area contributed by atoms with E-state index in [0.717, 1.165) is 22.2 Å². The fourth-order valence-corrected chi connectivity index (χ4v) is 2.06. The second-order valence-electron chi connectivity index (χ2n) is 4.32. The van der Waals surface area contributed by atoms with Crippen LogP contribution in [-0.2, 0) is 9.47 Å². The highest BCUT2D eigenvalue weighted by Gasteiger charge is 2.17. The van der Waals surface area contributed by atoms with Crippen molar-refractivity contribution in [3.63, 3.8) is 0 Å². The van der Waals surface area contributed by atoms with Crippen molar-refractivity contribution in [1.82, 2.24) is 0 Å². The molecule has 3 heteroatoms. The topological polar surface area (TPSA) is 18.5 Å². The standard InChI is InChI=1S/C15H13BO2/c16-14-7-5-12(6-8-14)11-1-3-13(4-2-11)15-17-9-10-18-15/h1-8,15H,9-10H2. The summed E-state index contributed by atoms with van der Waals surface area (Å²) in [6, 6.07) is 16.1. The minimum Gasteiger partial charge on any atom is -0.346 e. The molecule has 0 spiro atoms. The van der Waals surface area contributed by atoms with Gasteiger partial charge in [0.25, 0.3) is 0 Å². The average Bonchev–Trinajstić information content (AvgIpc) is 2.94. The van der Waals surface area contributed by atoms with Gasteiger partial charge >= 0.3 is 0 Å². The van der Waals surface area contributed by atoms with E-state index in [1.165, 1.54) is 0 Å². The normalized spacial score (nSPS) is 16.0. The molecule has 88 valence electrons. The van der Waals surface area contributed by atoms with Crippen molar-refractivity contribution in [1.29, 1.82) is 0 Å². The third-order valence-electron chi connectivity index (χ3n) is 3.05. The number of ether oxygens (including phenoxy) is 2. The Hall–Kier alpha value is -1.58. The molecule has 1 saturated heterocycles. The van der Waals surface area contributed by atoms with Crippen LogP contribution in [0.3, 0.4) is 0 Å². The Bertz CT molecular complexity index is 513. The number of benzene rings is 2. The summed E-state index contributed by atoms with van der Waals surface area (Å²) in [4.78, 5) is 0. The number of rotatable bonds is 2. The zero-order valence-corrected chi connectivity index (χ0v) is 10.0. The van der Waals surface area contributed by atoms with Gasteiger partial charge in [0, 0.05) is 5.56 Å². The predicted octanol–water partition coefficient (Wildman–Crippen LogP) is 2.19. The highest BCUT2D eigenvalue weighted by Crippen LogP contribution is 2.26. The Morgan fingerprint density at radius 1 is 0.778 bits per heavy atom. The van der Waals surface area contributed by atoms with Gasteiger partial charge in [-0.2, -0.15) is 0 Å². The van der Waals surface area contributed by atoms with Crippen LogP contribution in [0.2, 0.25) is 0 Å². The largest absolute Gasteiger partial charge is 0.346 e. The van der Waals surface area contributed by atoms with Crippen molar-refractivity contribution < 1.29 is 9.47 Å². The fraction of sp³-hybridized carbons (Fsp3) is 0.200. The molecule has 0 unspecified atom stereocenters. The third kappa shape index (κ3) is 2.33. The minimum atomic E-state index is -0.203. The molecule has 0 saturated carbocycles. The lowest BCUT2D eigenvalue weighted by molar-refractivity contribution is -0.0441. The van der Waals surface area contributed by atoms with Crippen molar-refractivity contribution in [2.75, 3.05) is 13.2 Å². The zero-order chi connectivity index (χ0) is 12.4. The van der Waals surface area contributed by atoms with Crippen LogP contribution < -0.4 is 5.46 Å². The van der Waals surface area contributed by atoms with Gasteiger partial charge in [0.05, 0.1) is 13.2 Å². The fourth-order valence-electron chi connectivity index (χ4n) is 2.06. The van der Waals surface area contributed by atoms with Gasteiger partial charge in [-0.15, -0.1) is 0 Å². The molecule has 0 amide bonds. The summed E-state index contributed by atoms with van der Waals surface area (Å²) in [7, 11) is 5.68. The lowest BCUT2D eigenvalue weighted by Crippen LogP contribution is -1.99. The van der Waals surface area contributed by atoms with Crippen LogP contribution in [0.15, 0.2) is 48.5 Å². The van der Waals surface area contributed by atoms with E-state index in [-0.39, 0.29) is 6.29 Å². The summed E-state index contributed by atoms with van der Waals surface area (Å²) in [6.07, 6.45) is -0.203. The van der Waals surface area contributed by atoms with Crippen LogP contribution in [0.5, 0.6) is 0 Å². The van der Waals surface area contributed by atoms with Gasteiger partial charge in [-0.1, -0.05) is 54.0 Å². The Kier molecular flexibility index (Phi) is 3.18. The van der Waals surface area contributed by atoms with Crippen molar-refractivity contribution in [3.8, 4) is 11.1 Å². The smallest absolute Gasteiger partial charge is 0.184 e. The van der Waals surface area contributed by atoms with Crippen molar-refractivity contribution in [2.24, 2.45) is 0 Å². The molecule has 1 heterocycles. The van der Waals surface area contributed by atoms with E-state index >= 15 is 0 Å². The summed E-state index contributed by atoms with van der Waals surface area (Å²) in [5.74, 6) is 0. The minimum absolute atomic E-state index is 0.203. The summed E-state index contributed by atoms with van der Waals surface area (Å²) in [5, 5.41) is 0. The molecule has 0 bridgehead atoms. The quantitative estimate of drug-likeness (QED) is 0.744. The molecule has 2 aromatic carbocycles. The number of hydrogen-bond donors (Lipinski definition) is 0. The predicted molar refractivity (Wildman–Crippen MR) is 71.9 cm³/mol. The summed E-state index contributed by atoms with van der Waals surface area (Å²) >= 11 is 0. The highest BCUT2D eigenvalue weighted by molar-refractivity contribution is 6.32. The molecular formula is C15H13BO2. The monoisotopic (exact) mass is 236 g/mol. The third-order valence-corrected chi connectivity index (χ3v) is 3.05. The number of hydrogen-bond acceptors (Lipinski definition) is 2. The van der Waals surface area contributed by atoms with Gasteiger partial charge in [0.15, 0.2) is 6.29 Å². The summed E-state index contributed by atoms with van der Waals surface area (Å²) < 4.78 is 10.9. The van der Waals surface area contributed by atoms with E-state index in [4.69, 9.17) is 17.3 Å². The molecule has 3 rings (SSSR count). The van der Waals surface area contributed by atoms with Crippen LogP contribution in [0.4, 0.5) is 0 Å². The molecule has 1 aliphatic rings. The SMILES string of the molecule is [B]c1ccc(-c2ccc(C3OCCO3)cc2)cc1. The Morgan fingerprint density at radius 3 is 1.83 bits per heavy atom. The van der Waals surface area contributed by atoms with Crippen LogP contribution in [0, 0.1) is 0 Å². The maximum absolute atomic E-state index is 5.68. The first-order valence-electron chi connectivity index (χ1n) is 6.02. The molecule has 0 atom stereocenters. The van der Waals surface area contributed by atoms with Crippen LogP contribution >= 0.6 is 0 Å². The van der Waals surface area contributed by atoms with Crippen LogP contribution in [-0.4, -0.2) is 21.1 Å². The molecule has 0 aromatic heterocycles. The van der Waals surface area contributed by atoms with Crippen molar-refractivity contribution in [2.45, 2.75) is 6.29 Å². The second-order valence-corrected chi connectivity index (χ2v) is 4.32. The lowest BCUT2D eigenvalue weighted by atomic mass is 9.93. The van der Waals surface area contributed by atoms with Gasteiger partial charge in [-0.25, -0.2) is 0 Å². The molecule has 0 aliphatic carbocycles. The molecule has 18 heavy (non-hydrogen) atoms. The maximum Gasteiger partial charge on any atom is 0.184 e. The van der Waals surface area contributed by atoms with Gasteiger partial charge in [0.1, 0.15) is 7.85 Å². The summed E-state index contributed by atoms with van der Waals surface area (Å²) in [5.41, 5.74) is 4.16. The van der Waals surface area contributed by atoms with Crippen molar-refractivity contribution >= 4 is 13.3 Å². The van der Waals surface area contributed by atoms with Gasteiger partial charge < -0.3 is 9.47 Å². The Labute approximate surface area is 108 Å². The van der Waals surface area contributed by atoms with Crippen LogP contribution in [0.25, 0.3) is 11.1 Å². The van der Waals surface area contributed by atoms with E-state index in [1.54, 1.807) is 0 Å². The Morgan fingerprint density at radius 2 is 1.28 bits per heavy atom. The lowest BCUT2D eigenvalue weighted by Gasteiger charge is -2.10. The van der Waals surface area contributed by atoms with Gasteiger partial charge in [-0.05, 0) is 11.1 Å².